The molecule has 0 radical (unpaired) electrons. The van der Waals surface area contributed by atoms with Crippen LogP contribution >= 0.6 is 0 Å². The molecule has 0 aliphatic carbocycles. The molecule has 1 aromatic rings. The molecule has 104 valence electrons. The minimum atomic E-state index is -0.563. The Bertz CT molecular complexity index is 457. The number of hydrogen-bond acceptors (Lipinski definition) is 5. The Balaban J connectivity index is 1.62. The molecule has 3 rings (SSSR count). The number of benzene rings is 1. The van der Waals surface area contributed by atoms with Crippen molar-refractivity contribution in [2.45, 2.75) is 25.0 Å². The predicted molar refractivity (Wildman–Crippen MR) is 69.4 cm³/mol. The predicted octanol–water partition coefficient (Wildman–Crippen LogP) is 1.22. The molecule has 2 aliphatic heterocycles. The third-order valence-corrected chi connectivity index (χ3v) is 3.72. The van der Waals surface area contributed by atoms with Gasteiger partial charge in [0.25, 0.3) is 0 Å². The first-order valence-electron chi connectivity index (χ1n) is 6.57. The van der Waals surface area contributed by atoms with Crippen LogP contribution in [0, 0.1) is 0 Å². The quantitative estimate of drug-likeness (QED) is 0.857. The van der Waals surface area contributed by atoms with Gasteiger partial charge in [-0.3, -0.25) is 0 Å². The van der Waals surface area contributed by atoms with Crippen LogP contribution in [-0.4, -0.2) is 37.2 Å². The third-order valence-electron chi connectivity index (χ3n) is 3.72. The van der Waals surface area contributed by atoms with Gasteiger partial charge in [0.15, 0.2) is 11.5 Å². The molecule has 2 unspecified atom stereocenters. The zero-order valence-corrected chi connectivity index (χ0v) is 11.0. The summed E-state index contributed by atoms with van der Waals surface area (Å²) < 4.78 is 15.9. The summed E-state index contributed by atoms with van der Waals surface area (Å²) in [5.41, 5.74) is 0.802. The summed E-state index contributed by atoms with van der Waals surface area (Å²) in [6, 6.07) is 5.54. The number of nitrogens with one attached hydrogen (secondary N) is 1. The molecule has 1 aromatic carbocycles. The number of aliphatic hydroxyl groups is 1. The SMILES string of the molecule is CC1(NCC(O)c2ccc3c(c2)OCO3)CCOC1. The van der Waals surface area contributed by atoms with Crippen LogP contribution in [0.5, 0.6) is 11.5 Å². The molecule has 5 heteroatoms. The first-order chi connectivity index (χ1) is 9.16. The van der Waals surface area contributed by atoms with E-state index < -0.39 is 6.10 Å². The first-order valence-corrected chi connectivity index (χ1v) is 6.57. The zero-order valence-electron chi connectivity index (χ0n) is 11.0. The van der Waals surface area contributed by atoms with Gasteiger partial charge in [-0.2, -0.15) is 0 Å². The van der Waals surface area contributed by atoms with E-state index in [2.05, 4.69) is 12.2 Å². The second-order valence-electron chi connectivity index (χ2n) is 5.37. The van der Waals surface area contributed by atoms with Crippen LogP contribution in [0.4, 0.5) is 0 Å². The van der Waals surface area contributed by atoms with Crippen LogP contribution in [0.15, 0.2) is 18.2 Å². The average Bonchev–Trinajstić information content (AvgIpc) is 3.04. The van der Waals surface area contributed by atoms with Gasteiger partial charge in [-0.15, -0.1) is 0 Å². The van der Waals surface area contributed by atoms with Gasteiger partial charge in [0.1, 0.15) is 0 Å². The van der Waals surface area contributed by atoms with Crippen molar-refractivity contribution in [3.05, 3.63) is 23.8 Å². The molecule has 0 aromatic heterocycles. The van der Waals surface area contributed by atoms with E-state index in [1.54, 1.807) is 0 Å². The lowest BCUT2D eigenvalue weighted by molar-refractivity contribution is 0.141. The van der Waals surface area contributed by atoms with Gasteiger partial charge >= 0.3 is 0 Å². The second-order valence-corrected chi connectivity index (χ2v) is 5.37. The average molecular weight is 265 g/mol. The monoisotopic (exact) mass is 265 g/mol. The summed E-state index contributed by atoms with van der Waals surface area (Å²) in [7, 11) is 0. The van der Waals surface area contributed by atoms with E-state index in [0.29, 0.717) is 18.9 Å². The van der Waals surface area contributed by atoms with Crippen LogP contribution in [0.25, 0.3) is 0 Å². The van der Waals surface area contributed by atoms with Gasteiger partial charge in [-0.25, -0.2) is 0 Å². The lowest BCUT2D eigenvalue weighted by Crippen LogP contribution is -2.44. The molecule has 19 heavy (non-hydrogen) atoms. The van der Waals surface area contributed by atoms with Gasteiger partial charge in [-0.05, 0) is 31.0 Å². The standard InChI is InChI=1S/C14H19NO4/c1-14(4-5-17-8-14)15-7-11(16)10-2-3-12-13(6-10)19-9-18-12/h2-3,6,11,15-16H,4-5,7-9H2,1H3. The molecule has 2 heterocycles. The molecular formula is C14H19NO4. The van der Waals surface area contributed by atoms with Crippen molar-refractivity contribution in [3.8, 4) is 11.5 Å². The number of fused-ring (bicyclic) bond motifs is 1. The number of hydrogen-bond donors (Lipinski definition) is 2. The summed E-state index contributed by atoms with van der Waals surface area (Å²) in [5.74, 6) is 1.44. The molecule has 5 nitrogen and oxygen atoms in total. The van der Waals surface area contributed by atoms with E-state index in [-0.39, 0.29) is 12.3 Å². The highest BCUT2D eigenvalue weighted by atomic mass is 16.7. The highest BCUT2D eigenvalue weighted by Gasteiger charge is 2.29. The molecule has 0 saturated carbocycles. The summed E-state index contributed by atoms with van der Waals surface area (Å²) in [5, 5.41) is 13.6. The van der Waals surface area contributed by atoms with Crippen molar-refractivity contribution in [3.63, 3.8) is 0 Å². The number of ether oxygens (including phenoxy) is 3. The molecule has 0 spiro atoms. The topological polar surface area (TPSA) is 60.0 Å². The van der Waals surface area contributed by atoms with Gasteiger partial charge in [-0.1, -0.05) is 6.07 Å². The maximum atomic E-state index is 10.2. The van der Waals surface area contributed by atoms with E-state index in [0.717, 1.165) is 24.3 Å². The molecule has 1 fully saturated rings. The largest absolute Gasteiger partial charge is 0.454 e. The Hall–Kier alpha value is -1.30. The fourth-order valence-electron chi connectivity index (χ4n) is 2.39. The summed E-state index contributed by atoms with van der Waals surface area (Å²) in [6.07, 6.45) is 0.410. The van der Waals surface area contributed by atoms with Gasteiger partial charge in [0.05, 0.1) is 12.7 Å². The molecule has 2 atom stereocenters. The molecule has 1 saturated heterocycles. The summed E-state index contributed by atoms with van der Waals surface area (Å²) in [6.45, 7) is 4.35. The maximum absolute atomic E-state index is 10.2. The van der Waals surface area contributed by atoms with E-state index in [1.807, 2.05) is 18.2 Å². The second kappa shape index (κ2) is 5.00. The molecular weight excluding hydrogens is 246 g/mol. The van der Waals surface area contributed by atoms with Crippen LogP contribution in [-0.2, 0) is 4.74 Å². The van der Waals surface area contributed by atoms with Crippen LogP contribution in [0.1, 0.15) is 25.0 Å². The van der Waals surface area contributed by atoms with Gasteiger partial charge in [0.2, 0.25) is 6.79 Å². The Kier molecular flexibility index (Phi) is 3.35. The fourth-order valence-corrected chi connectivity index (χ4v) is 2.39. The number of rotatable bonds is 4. The number of β-amino-alcohol motifs (C(OH)–C–C–N with tert-alkyl or cyclic N) is 1. The van der Waals surface area contributed by atoms with Crippen molar-refractivity contribution >= 4 is 0 Å². The van der Waals surface area contributed by atoms with Crippen LogP contribution < -0.4 is 14.8 Å². The van der Waals surface area contributed by atoms with Crippen LogP contribution in [0.2, 0.25) is 0 Å². The Morgan fingerprint density at radius 2 is 2.21 bits per heavy atom. The molecule has 2 aliphatic rings. The van der Waals surface area contributed by atoms with Crippen LogP contribution in [0.3, 0.4) is 0 Å². The van der Waals surface area contributed by atoms with Crippen molar-refractivity contribution < 1.29 is 19.3 Å². The lowest BCUT2D eigenvalue weighted by atomic mass is 10.0. The van der Waals surface area contributed by atoms with E-state index in [1.165, 1.54) is 0 Å². The minimum Gasteiger partial charge on any atom is -0.454 e. The highest BCUT2D eigenvalue weighted by Crippen LogP contribution is 2.34. The minimum absolute atomic E-state index is 0.0304. The van der Waals surface area contributed by atoms with Gasteiger partial charge in [0, 0.05) is 18.7 Å². The lowest BCUT2D eigenvalue weighted by Gasteiger charge is -2.25. The first kappa shape index (κ1) is 12.7. The van der Waals surface area contributed by atoms with E-state index in [9.17, 15) is 5.11 Å². The van der Waals surface area contributed by atoms with Gasteiger partial charge < -0.3 is 24.6 Å². The fraction of sp³-hybridized carbons (Fsp3) is 0.571. The summed E-state index contributed by atoms with van der Waals surface area (Å²) >= 11 is 0. The van der Waals surface area contributed by atoms with Crippen molar-refractivity contribution in [2.75, 3.05) is 26.6 Å². The molecule has 2 N–H and O–H groups in total. The molecule has 0 bridgehead atoms. The van der Waals surface area contributed by atoms with E-state index >= 15 is 0 Å². The maximum Gasteiger partial charge on any atom is 0.231 e. The summed E-state index contributed by atoms with van der Waals surface area (Å²) in [4.78, 5) is 0. The normalized spacial score (nSPS) is 26.6. The highest BCUT2D eigenvalue weighted by molar-refractivity contribution is 5.45. The van der Waals surface area contributed by atoms with E-state index in [4.69, 9.17) is 14.2 Å². The number of aliphatic hydroxyl groups excluding tert-OH is 1. The smallest absolute Gasteiger partial charge is 0.231 e. The Morgan fingerprint density at radius 1 is 1.37 bits per heavy atom. The van der Waals surface area contributed by atoms with Crippen molar-refractivity contribution in [1.29, 1.82) is 0 Å². The zero-order chi connectivity index (χ0) is 13.3. The third kappa shape index (κ3) is 2.68. The Morgan fingerprint density at radius 3 is 3.00 bits per heavy atom. The van der Waals surface area contributed by atoms with Crippen molar-refractivity contribution in [2.24, 2.45) is 0 Å². The molecule has 0 amide bonds. The van der Waals surface area contributed by atoms with Crippen molar-refractivity contribution in [1.82, 2.24) is 5.32 Å². The Labute approximate surface area is 112 Å².